The Morgan fingerprint density at radius 1 is 1.41 bits per heavy atom. The summed E-state index contributed by atoms with van der Waals surface area (Å²) in [5.41, 5.74) is 0. The molecule has 96 valence electrons. The summed E-state index contributed by atoms with van der Waals surface area (Å²) in [6, 6.07) is 5.04. The Labute approximate surface area is 112 Å². The van der Waals surface area contributed by atoms with Crippen molar-refractivity contribution in [1.29, 1.82) is 0 Å². The molecule has 1 heterocycles. The fourth-order valence-electron chi connectivity index (χ4n) is 2.44. The molecule has 2 N–H and O–H groups in total. The molecule has 1 atom stereocenters. The van der Waals surface area contributed by atoms with Crippen molar-refractivity contribution in [3.63, 3.8) is 0 Å². The highest BCUT2D eigenvalue weighted by atomic mass is 35.5. The average Bonchev–Trinajstić information content (AvgIpc) is 2.75. The molecule has 2 nitrogen and oxygen atoms in total. The minimum absolute atomic E-state index is 0.0793. The van der Waals surface area contributed by atoms with Gasteiger partial charge in [0.05, 0.1) is 10.4 Å². The fraction of sp³-hybridized carbons (Fsp3) is 0.692. The molecule has 1 unspecified atom stereocenters. The van der Waals surface area contributed by atoms with Gasteiger partial charge >= 0.3 is 0 Å². The van der Waals surface area contributed by atoms with E-state index in [9.17, 15) is 5.11 Å². The second kappa shape index (κ2) is 6.19. The number of aliphatic hydroxyl groups excluding tert-OH is 1. The predicted molar refractivity (Wildman–Crippen MR) is 73.8 cm³/mol. The van der Waals surface area contributed by atoms with Gasteiger partial charge < -0.3 is 10.4 Å². The van der Waals surface area contributed by atoms with Crippen molar-refractivity contribution in [3.05, 3.63) is 21.3 Å². The van der Waals surface area contributed by atoms with Crippen LogP contribution in [0, 0.1) is 0 Å². The maximum atomic E-state index is 9.50. The monoisotopic (exact) mass is 273 g/mol. The molecule has 4 heteroatoms. The molecule has 0 amide bonds. The minimum Gasteiger partial charge on any atom is -0.393 e. The summed E-state index contributed by atoms with van der Waals surface area (Å²) in [5, 5.41) is 13.2. The number of halogens is 1. The molecule has 1 aliphatic carbocycles. The zero-order chi connectivity index (χ0) is 12.3. The number of hydrogen-bond acceptors (Lipinski definition) is 3. The van der Waals surface area contributed by atoms with Crippen LogP contribution in [0.4, 0.5) is 0 Å². The Hall–Kier alpha value is -0.0900. The summed E-state index contributed by atoms with van der Waals surface area (Å²) in [6.07, 6.45) is 5.02. The summed E-state index contributed by atoms with van der Waals surface area (Å²) in [7, 11) is 0. The van der Waals surface area contributed by atoms with E-state index < -0.39 is 0 Å². The maximum Gasteiger partial charge on any atom is 0.0931 e. The van der Waals surface area contributed by atoms with Crippen LogP contribution in [0.15, 0.2) is 12.1 Å². The normalized spacial score (nSPS) is 27.0. The van der Waals surface area contributed by atoms with Crippen LogP contribution in [0.5, 0.6) is 0 Å². The van der Waals surface area contributed by atoms with E-state index >= 15 is 0 Å². The number of aliphatic hydroxyl groups is 1. The third-order valence-corrected chi connectivity index (χ3v) is 4.82. The van der Waals surface area contributed by atoms with Crippen LogP contribution in [0.2, 0.25) is 4.34 Å². The van der Waals surface area contributed by atoms with Gasteiger partial charge in [0.2, 0.25) is 0 Å². The van der Waals surface area contributed by atoms with Gasteiger partial charge in [-0.1, -0.05) is 18.5 Å². The van der Waals surface area contributed by atoms with Crippen molar-refractivity contribution >= 4 is 22.9 Å². The van der Waals surface area contributed by atoms with Gasteiger partial charge in [-0.3, -0.25) is 0 Å². The molecule has 0 aromatic carbocycles. The number of rotatable bonds is 4. The number of nitrogens with one attached hydrogen (secondary N) is 1. The first-order valence-corrected chi connectivity index (χ1v) is 7.57. The maximum absolute atomic E-state index is 9.50. The highest BCUT2D eigenvalue weighted by molar-refractivity contribution is 7.16. The van der Waals surface area contributed by atoms with Crippen LogP contribution in [0.3, 0.4) is 0 Å². The van der Waals surface area contributed by atoms with Crippen LogP contribution in [-0.4, -0.2) is 17.3 Å². The molecule has 1 aromatic heterocycles. The van der Waals surface area contributed by atoms with E-state index in [4.69, 9.17) is 11.6 Å². The Morgan fingerprint density at radius 2 is 2.12 bits per heavy atom. The second-order valence-corrected chi connectivity index (χ2v) is 6.52. The quantitative estimate of drug-likeness (QED) is 0.876. The summed E-state index contributed by atoms with van der Waals surface area (Å²) in [4.78, 5) is 1.32. The first kappa shape index (κ1) is 13.3. The molecule has 1 fully saturated rings. The van der Waals surface area contributed by atoms with E-state index in [0.717, 1.165) is 36.4 Å². The molecule has 17 heavy (non-hydrogen) atoms. The Bertz CT molecular complexity index is 347. The number of hydrogen-bond donors (Lipinski definition) is 2. The van der Waals surface area contributed by atoms with E-state index in [1.807, 2.05) is 6.07 Å². The molecule has 1 saturated carbocycles. The summed E-state index contributed by atoms with van der Waals surface area (Å²) in [5.74, 6) is 0. The van der Waals surface area contributed by atoms with Crippen molar-refractivity contribution in [3.8, 4) is 0 Å². The topological polar surface area (TPSA) is 32.3 Å². The lowest BCUT2D eigenvalue weighted by Crippen LogP contribution is -2.36. The Morgan fingerprint density at radius 3 is 2.65 bits per heavy atom. The van der Waals surface area contributed by atoms with E-state index in [-0.39, 0.29) is 6.10 Å². The van der Waals surface area contributed by atoms with Gasteiger partial charge in [-0.05, 0) is 44.2 Å². The Kier molecular flexibility index (Phi) is 4.86. The van der Waals surface area contributed by atoms with E-state index in [0.29, 0.717) is 12.1 Å². The van der Waals surface area contributed by atoms with Crippen molar-refractivity contribution < 1.29 is 5.11 Å². The molecular formula is C13H20ClNOS. The minimum atomic E-state index is -0.0793. The van der Waals surface area contributed by atoms with Gasteiger partial charge in [-0.2, -0.15) is 0 Å². The lowest BCUT2D eigenvalue weighted by Gasteiger charge is -2.29. The van der Waals surface area contributed by atoms with Crippen molar-refractivity contribution in [2.45, 2.75) is 57.2 Å². The van der Waals surface area contributed by atoms with E-state index in [1.165, 1.54) is 4.88 Å². The molecule has 0 bridgehead atoms. The highest BCUT2D eigenvalue weighted by Gasteiger charge is 2.22. The molecule has 1 aliphatic rings. The molecule has 1 aromatic rings. The van der Waals surface area contributed by atoms with Crippen LogP contribution >= 0.6 is 22.9 Å². The molecular weight excluding hydrogens is 254 g/mol. The van der Waals surface area contributed by atoms with Crippen molar-refractivity contribution in [2.24, 2.45) is 0 Å². The third kappa shape index (κ3) is 3.68. The Balaban J connectivity index is 1.91. The van der Waals surface area contributed by atoms with Crippen molar-refractivity contribution in [1.82, 2.24) is 5.32 Å². The van der Waals surface area contributed by atoms with Gasteiger partial charge in [0.15, 0.2) is 0 Å². The lowest BCUT2D eigenvalue weighted by atomic mass is 9.92. The molecule has 2 rings (SSSR count). The predicted octanol–water partition coefficient (Wildman–Crippen LogP) is 3.75. The zero-order valence-corrected chi connectivity index (χ0v) is 11.7. The van der Waals surface area contributed by atoms with Gasteiger partial charge in [-0.25, -0.2) is 0 Å². The van der Waals surface area contributed by atoms with Crippen molar-refractivity contribution in [2.75, 3.05) is 0 Å². The van der Waals surface area contributed by atoms with Gasteiger partial charge in [0.1, 0.15) is 0 Å². The van der Waals surface area contributed by atoms with Gasteiger partial charge in [0, 0.05) is 17.0 Å². The standard InChI is InChI=1S/C13H20ClNOS/c1-2-11(12-7-8-13(14)17-12)15-9-3-5-10(16)6-4-9/h7-11,15-16H,2-6H2,1H3. The highest BCUT2D eigenvalue weighted by Crippen LogP contribution is 2.30. The molecule has 0 spiro atoms. The van der Waals surface area contributed by atoms with Gasteiger partial charge in [-0.15, -0.1) is 11.3 Å². The smallest absolute Gasteiger partial charge is 0.0931 e. The SMILES string of the molecule is CCC(NC1CCC(O)CC1)c1ccc(Cl)s1. The first-order chi connectivity index (χ1) is 8.19. The zero-order valence-electron chi connectivity index (χ0n) is 10.2. The molecule has 0 radical (unpaired) electrons. The average molecular weight is 274 g/mol. The third-order valence-electron chi connectivity index (χ3n) is 3.48. The van der Waals surface area contributed by atoms with E-state index in [1.54, 1.807) is 11.3 Å². The van der Waals surface area contributed by atoms with Crippen LogP contribution in [0.1, 0.15) is 49.9 Å². The molecule has 0 saturated heterocycles. The molecule has 0 aliphatic heterocycles. The van der Waals surface area contributed by atoms with Crippen LogP contribution in [-0.2, 0) is 0 Å². The second-order valence-electron chi connectivity index (χ2n) is 4.77. The van der Waals surface area contributed by atoms with Gasteiger partial charge in [0.25, 0.3) is 0 Å². The number of thiophene rings is 1. The summed E-state index contributed by atoms with van der Waals surface area (Å²) >= 11 is 7.64. The largest absolute Gasteiger partial charge is 0.393 e. The van der Waals surface area contributed by atoms with Crippen LogP contribution in [0.25, 0.3) is 0 Å². The van der Waals surface area contributed by atoms with E-state index in [2.05, 4.69) is 18.3 Å². The summed E-state index contributed by atoms with van der Waals surface area (Å²) in [6.45, 7) is 2.20. The lowest BCUT2D eigenvalue weighted by molar-refractivity contribution is 0.114. The summed E-state index contributed by atoms with van der Waals surface area (Å²) < 4.78 is 0.860. The fourth-order valence-corrected chi connectivity index (χ4v) is 3.65. The van der Waals surface area contributed by atoms with Crippen LogP contribution < -0.4 is 5.32 Å². The first-order valence-electron chi connectivity index (χ1n) is 6.38.